The van der Waals surface area contributed by atoms with Crippen LogP contribution in [0.1, 0.15) is 53.3 Å². The molecule has 3 nitrogen and oxygen atoms in total. The molecule has 162 valence electrons. The van der Waals surface area contributed by atoms with Crippen molar-refractivity contribution < 1.29 is 9.59 Å². The monoisotopic (exact) mass is 543 g/mol. The maximum atomic E-state index is 13.6. The molecule has 0 bridgehead atoms. The van der Waals surface area contributed by atoms with Crippen molar-refractivity contribution in [3.63, 3.8) is 0 Å². The molecule has 0 radical (unpaired) electrons. The average molecular weight is 543 g/mol. The van der Waals surface area contributed by atoms with Gasteiger partial charge in [0.05, 0.1) is 17.2 Å². The summed E-state index contributed by atoms with van der Waals surface area (Å²) in [4.78, 5) is 28.7. The molecule has 0 fully saturated rings. The van der Waals surface area contributed by atoms with Gasteiger partial charge in [-0.1, -0.05) is 126 Å². The highest BCUT2D eigenvalue weighted by Crippen LogP contribution is 2.50. The third-order valence-electron chi connectivity index (χ3n) is 6.20. The Balaban J connectivity index is 1.71. The van der Waals surface area contributed by atoms with Crippen LogP contribution in [-0.4, -0.2) is 16.7 Å². The maximum Gasteiger partial charge on any atom is 0.262 e. The fourth-order valence-electron chi connectivity index (χ4n) is 4.66. The van der Waals surface area contributed by atoms with Crippen molar-refractivity contribution in [2.24, 2.45) is 0 Å². The zero-order valence-corrected chi connectivity index (χ0v) is 20.0. The molecule has 4 heteroatoms. The number of nitrogens with zero attached hydrogens (tertiary/aromatic N) is 1. The summed E-state index contributed by atoms with van der Waals surface area (Å²) in [5.41, 5.74) is 4.13. The van der Waals surface area contributed by atoms with Gasteiger partial charge in [0.1, 0.15) is 0 Å². The van der Waals surface area contributed by atoms with Crippen molar-refractivity contribution in [3.8, 4) is 0 Å². The maximum absolute atomic E-state index is 13.6. The van der Waals surface area contributed by atoms with Gasteiger partial charge in [-0.3, -0.25) is 14.5 Å². The Hall–Kier alpha value is -3.25. The van der Waals surface area contributed by atoms with Gasteiger partial charge in [0.15, 0.2) is 0 Å². The molecule has 0 N–H and O–H groups in total. The molecule has 0 unspecified atom stereocenters. The number of carbonyl (C=O) groups is 2. The minimum Gasteiger partial charge on any atom is -0.269 e. The summed E-state index contributed by atoms with van der Waals surface area (Å²) in [5.74, 6) is -0.608. The van der Waals surface area contributed by atoms with E-state index in [0.717, 1.165) is 16.7 Å². The predicted octanol–water partition coefficient (Wildman–Crippen LogP) is 6.98. The van der Waals surface area contributed by atoms with Crippen molar-refractivity contribution >= 4 is 34.4 Å². The van der Waals surface area contributed by atoms with Crippen LogP contribution in [0.5, 0.6) is 0 Å². The second-order valence-electron chi connectivity index (χ2n) is 8.13. The summed E-state index contributed by atoms with van der Waals surface area (Å²) in [7, 11) is 0. The number of hydrogen-bond donors (Lipinski definition) is 0. The smallest absolute Gasteiger partial charge is 0.262 e. The van der Waals surface area contributed by atoms with Crippen LogP contribution in [0.4, 0.5) is 0 Å². The molecule has 33 heavy (non-hydrogen) atoms. The van der Waals surface area contributed by atoms with Crippen molar-refractivity contribution in [3.05, 3.63) is 143 Å². The summed E-state index contributed by atoms with van der Waals surface area (Å²) in [6.07, 6.45) is 0. The Morgan fingerprint density at radius 2 is 0.909 bits per heavy atom. The Kier molecular flexibility index (Phi) is 6.09. The molecule has 0 spiro atoms. The number of carbonyl (C=O) groups excluding carboxylic acids is 2. The van der Waals surface area contributed by atoms with Crippen LogP contribution in [0.25, 0.3) is 0 Å². The SMILES string of the molecule is O=C1c2ccccc2C(=O)N1[C@H](c1ccccc1)[C@@H](c1ccccc1)[C@H](I)c1ccccc1. The summed E-state index contributed by atoms with van der Waals surface area (Å²) in [6.45, 7) is 0. The Bertz CT molecular complexity index is 1240. The fraction of sp³-hybridized carbons (Fsp3) is 0.103. The topological polar surface area (TPSA) is 37.4 Å². The molecular formula is C29H22INO2. The van der Waals surface area contributed by atoms with Gasteiger partial charge >= 0.3 is 0 Å². The van der Waals surface area contributed by atoms with Crippen LogP contribution in [0.3, 0.4) is 0 Å². The molecule has 0 aliphatic carbocycles. The first kappa shape index (κ1) is 21.6. The Labute approximate surface area is 207 Å². The van der Waals surface area contributed by atoms with Gasteiger partial charge in [0, 0.05) is 9.84 Å². The van der Waals surface area contributed by atoms with Crippen molar-refractivity contribution in [2.75, 3.05) is 0 Å². The molecule has 3 atom stereocenters. The highest BCUT2D eigenvalue weighted by atomic mass is 127. The first-order valence-electron chi connectivity index (χ1n) is 10.9. The fourth-order valence-corrected chi connectivity index (χ4v) is 5.88. The van der Waals surface area contributed by atoms with Crippen LogP contribution in [-0.2, 0) is 0 Å². The quantitative estimate of drug-likeness (QED) is 0.150. The number of amides is 2. The number of imide groups is 1. The summed E-state index contributed by atoms with van der Waals surface area (Å²) in [5, 5.41) is 0. The van der Waals surface area contributed by atoms with Gasteiger partial charge in [-0.25, -0.2) is 0 Å². The second-order valence-corrected chi connectivity index (χ2v) is 9.47. The van der Waals surface area contributed by atoms with Gasteiger partial charge in [-0.2, -0.15) is 0 Å². The predicted molar refractivity (Wildman–Crippen MR) is 139 cm³/mol. The lowest BCUT2D eigenvalue weighted by molar-refractivity contribution is 0.0556. The van der Waals surface area contributed by atoms with Crippen LogP contribution < -0.4 is 0 Å². The van der Waals surface area contributed by atoms with Crippen molar-refractivity contribution in [1.29, 1.82) is 0 Å². The van der Waals surface area contributed by atoms with Gasteiger partial charge in [0.25, 0.3) is 11.8 Å². The van der Waals surface area contributed by atoms with E-state index >= 15 is 0 Å². The summed E-state index contributed by atoms with van der Waals surface area (Å²) in [6, 6.07) is 37.0. The lowest BCUT2D eigenvalue weighted by Gasteiger charge is -2.37. The van der Waals surface area contributed by atoms with E-state index in [1.165, 1.54) is 4.90 Å². The lowest BCUT2D eigenvalue weighted by atomic mass is 9.81. The molecule has 1 aliphatic heterocycles. The van der Waals surface area contributed by atoms with Crippen molar-refractivity contribution in [1.82, 2.24) is 4.90 Å². The summed E-state index contributed by atoms with van der Waals surface area (Å²) < 4.78 is 0.0284. The van der Waals surface area contributed by atoms with E-state index in [4.69, 9.17) is 0 Å². The Morgan fingerprint density at radius 1 is 0.515 bits per heavy atom. The van der Waals surface area contributed by atoms with E-state index in [9.17, 15) is 9.59 Å². The number of benzene rings is 4. The molecule has 4 aromatic carbocycles. The number of rotatable bonds is 6. The normalized spacial score (nSPS) is 15.7. The molecular weight excluding hydrogens is 521 g/mol. The molecule has 0 aromatic heterocycles. The molecule has 4 aromatic rings. The second kappa shape index (κ2) is 9.32. The van der Waals surface area contributed by atoms with Gasteiger partial charge in [-0.15, -0.1) is 0 Å². The lowest BCUT2D eigenvalue weighted by Crippen LogP contribution is -2.38. The standard InChI is InChI=1S/C29H22INO2/c30-26(21-14-6-2-7-15-21)25(20-12-4-1-5-13-20)27(22-16-8-3-9-17-22)31-28(32)23-18-10-11-19-24(23)29(31)33/h1-19,25-27H/t25-,26+,27+/m0/s1. The van der Waals surface area contributed by atoms with E-state index < -0.39 is 6.04 Å². The van der Waals surface area contributed by atoms with Gasteiger partial charge in [-0.05, 0) is 28.8 Å². The highest BCUT2D eigenvalue weighted by Gasteiger charge is 2.45. The van der Waals surface area contributed by atoms with Crippen LogP contribution >= 0.6 is 22.6 Å². The molecule has 1 aliphatic rings. The number of fused-ring (bicyclic) bond motifs is 1. The highest BCUT2D eigenvalue weighted by molar-refractivity contribution is 14.1. The third kappa shape index (κ3) is 4.00. The summed E-state index contributed by atoms with van der Waals surface area (Å²) >= 11 is 2.47. The number of hydrogen-bond acceptors (Lipinski definition) is 2. The molecule has 2 amide bonds. The Morgan fingerprint density at radius 3 is 1.39 bits per heavy atom. The van der Waals surface area contributed by atoms with E-state index in [-0.39, 0.29) is 21.7 Å². The van der Waals surface area contributed by atoms with Crippen LogP contribution in [0.15, 0.2) is 115 Å². The zero-order chi connectivity index (χ0) is 22.8. The first-order chi connectivity index (χ1) is 16.2. The van der Waals surface area contributed by atoms with E-state index in [1.54, 1.807) is 12.1 Å². The molecule has 5 rings (SSSR count). The van der Waals surface area contributed by atoms with Crippen molar-refractivity contribution in [2.45, 2.75) is 15.9 Å². The molecule has 0 saturated heterocycles. The molecule has 0 saturated carbocycles. The van der Waals surface area contributed by atoms with Crippen LogP contribution in [0.2, 0.25) is 0 Å². The number of halogens is 1. The minimum absolute atomic E-state index is 0.0284. The third-order valence-corrected chi connectivity index (χ3v) is 7.70. The van der Waals surface area contributed by atoms with Crippen LogP contribution in [0, 0.1) is 0 Å². The minimum atomic E-state index is -0.455. The van der Waals surface area contributed by atoms with E-state index in [0.29, 0.717) is 11.1 Å². The zero-order valence-electron chi connectivity index (χ0n) is 17.8. The van der Waals surface area contributed by atoms with Gasteiger partial charge < -0.3 is 0 Å². The van der Waals surface area contributed by atoms with Gasteiger partial charge in [0.2, 0.25) is 0 Å². The number of alkyl halides is 1. The van der Waals surface area contributed by atoms with E-state index in [1.807, 2.05) is 78.9 Å². The van der Waals surface area contributed by atoms with E-state index in [2.05, 4.69) is 46.9 Å². The average Bonchev–Trinajstić information content (AvgIpc) is 3.13. The largest absolute Gasteiger partial charge is 0.269 e. The molecule has 1 heterocycles. The first-order valence-corrected chi connectivity index (χ1v) is 12.2.